The largest absolute Gasteiger partial charge is 0.454 e. The summed E-state index contributed by atoms with van der Waals surface area (Å²) in [4.78, 5) is 15.4. The van der Waals surface area contributed by atoms with Gasteiger partial charge in [0.05, 0.1) is 15.6 Å². The fourth-order valence-corrected chi connectivity index (χ4v) is 4.95. The molecule has 3 rings (SSSR count). The van der Waals surface area contributed by atoms with Crippen LogP contribution in [0.1, 0.15) is 18.4 Å². The Kier molecular flexibility index (Phi) is 7.58. The SMILES string of the molecule is CN(C)C(=O)CSC(=S)c1cc(N2CCCC2)c(Oc2ccccc2)c(S(N)(=O)=O)c1. The predicted octanol–water partition coefficient (Wildman–Crippen LogP) is 3.22. The molecule has 0 radical (unpaired) electrons. The van der Waals surface area contributed by atoms with Gasteiger partial charge in [0, 0.05) is 32.7 Å². The molecule has 2 N–H and O–H groups in total. The van der Waals surface area contributed by atoms with E-state index in [-0.39, 0.29) is 22.3 Å². The number of hydrogen-bond donors (Lipinski definition) is 1. The second-order valence-electron chi connectivity index (χ2n) is 7.34. The lowest BCUT2D eigenvalue weighted by Gasteiger charge is -2.24. The number of nitrogens with zero attached hydrogens (tertiary/aromatic N) is 2. The summed E-state index contributed by atoms with van der Waals surface area (Å²) in [5.74, 6) is 0.783. The molecule has 31 heavy (non-hydrogen) atoms. The third kappa shape index (κ3) is 5.97. The van der Waals surface area contributed by atoms with Crippen molar-refractivity contribution in [2.75, 3.05) is 37.8 Å². The number of benzene rings is 2. The van der Waals surface area contributed by atoms with Crippen LogP contribution < -0.4 is 14.8 Å². The summed E-state index contributed by atoms with van der Waals surface area (Å²) in [5, 5.41) is 5.57. The van der Waals surface area contributed by atoms with Crippen molar-refractivity contribution in [2.24, 2.45) is 5.14 Å². The van der Waals surface area contributed by atoms with Gasteiger partial charge in [-0.05, 0) is 37.1 Å². The second-order valence-corrected chi connectivity index (χ2v) is 10.5. The number of primary sulfonamides is 1. The molecule has 1 fully saturated rings. The first-order chi connectivity index (χ1) is 14.7. The lowest BCUT2D eigenvalue weighted by atomic mass is 10.2. The molecule has 1 aliphatic heterocycles. The number of nitrogens with two attached hydrogens (primary N) is 1. The minimum absolute atomic E-state index is 0.0807. The molecule has 1 aliphatic rings. The van der Waals surface area contributed by atoms with Crippen LogP contribution in [0.5, 0.6) is 11.5 Å². The Hall–Kier alpha value is -2.14. The molecule has 0 aromatic heterocycles. The normalized spacial score (nSPS) is 13.8. The lowest BCUT2D eigenvalue weighted by molar-refractivity contribution is -0.125. The van der Waals surface area contributed by atoms with Gasteiger partial charge < -0.3 is 14.5 Å². The molecule has 1 saturated heterocycles. The third-order valence-electron chi connectivity index (χ3n) is 4.81. The van der Waals surface area contributed by atoms with E-state index in [0.29, 0.717) is 21.2 Å². The Balaban J connectivity index is 2.07. The molecule has 0 atom stereocenters. The topological polar surface area (TPSA) is 92.9 Å². The van der Waals surface area contributed by atoms with Crippen molar-refractivity contribution in [1.29, 1.82) is 0 Å². The Morgan fingerprint density at radius 2 is 1.84 bits per heavy atom. The number of anilines is 1. The van der Waals surface area contributed by atoms with Crippen molar-refractivity contribution in [1.82, 2.24) is 4.90 Å². The average molecular weight is 480 g/mol. The number of ether oxygens (including phenoxy) is 1. The number of thiocarbonyl (C=S) groups is 1. The number of carbonyl (C=O) groups excluding carboxylic acids is 1. The molecular weight excluding hydrogens is 454 g/mol. The van der Waals surface area contributed by atoms with Crippen LogP contribution in [0.2, 0.25) is 0 Å². The maximum Gasteiger partial charge on any atom is 0.241 e. The van der Waals surface area contributed by atoms with Crippen LogP contribution in [-0.2, 0) is 14.8 Å². The smallest absolute Gasteiger partial charge is 0.241 e. The summed E-state index contributed by atoms with van der Waals surface area (Å²) < 4.78 is 31.5. The second kappa shape index (κ2) is 9.99. The maximum absolute atomic E-state index is 12.5. The molecule has 1 heterocycles. The molecule has 0 saturated carbocycles. The van der Waals surface area contributed by atoms with Gasteiger partial charge in [-0.3, -0.25) is 4.79 Å². The fourth-order valence-electron chi connectivity index (χ4n) is 3.16. The third-order valence-corrected chi connectivity index (χ3v) is 7.21. The summed E-state index contributed by atoms with van der Waals surface area (Å²) in [7, 11) is -0.756. The van der Waals surface area contributed by atoms with Crippen molar-refractivity contribution < 1.29 is 17.9 Å². The Morgan fingerprint density at radius 1 is 1.19 bits per heavy atom. The highest BCUT2D eigenvalue weighted by Gasteiger charge is 2.27. The zero-order valence-corrected chi connectivity index (χ0v) is 19.9. The number of amides is 1. The van der Waals surface area contributed by atoms with Gasteiger partial charge in [0.15, 0.2) is 5.75 Å². The van der Waals surface area contributed by atoms with Gasteiger partial charge in [0.25, 0.3) is 0 Å². The van der Waals surface area contributed by atoms with Crippen molar-refractivity contribution >= 4 is 49.8 Å². The monoisotopic (exact) mass is 479 g/mol. The van der Waals surface area contributed by atoms with Crippen molar-refractivity contribution in [2.45, 2.75) is 17.7 Å². The summed E-state index contributed by atoms with van der Waals surface area (Å²) in [6.45, 7) is 1.55. The number of sulfonamides is 1. The van der Waals surface area contributed by atoms with E-state index in [0.717, 1.165) is 25.9 Å². The molecule has 0 aliphatic carbocycles. The summed E-state index contributed by atoms with van der Waals surface area (Å²) in [6.07, 6.45) is 1.99. The Morgan fingerprint density at radius 3 is 2.42 bits per heavy atom. The number of para-hydroxylation sites is 1. The first kappa shape index (κ1) is 23.5. The Labute approximate surface area is 192 Å². The molecule has 2 aromatic rings. The quantitative estimate of drug-likeness (QED) is 0.610. The van der Waals surface area contributed by atoms with Gasteiger partial charge in [-0.15, -0.1) is 11.8 Å². The van der Waals surface area contributed by atoms with Crippen molar-refractivity contribution in [3.8, 4) is 11.5 Å². The number of carbonyl (C=O) groups is 1. The van der Waals surface area contributed by atoms with Crippen LogP contribution in [0, 0.1) is 0 Å². The van der Waals surface area contributed by atoms with Crippen molar-refractivity contribution in [3.05, 3.63) is 48.0 Å². The van der Waals surface area contributed by atoms with Gasteiger partial charge >= 0.3 is 0 Å². The van der Waals surface area contributed by atoms with Gasteiger partial charge in [-0.2, -0.15) is 0 Å². The molecule has 0 unspecified atom stereocenters. The van der Waals surface area contributed by atoms with Crippen LogP contribution in [-0.4, -0.2) is 56.4 Å². The van der Waals surface area contributed by atoms with Gasteiger partial charge in [0.1, 0.15) is 10.6 Å². The highest BCUT2D eigenvalue weighted by molar-refractivity contribution is 8.24. The van der Waals surface area contributed by atoms with Crippen LogP contribution in [0.15, 0.2) is 47.4 Å². The van der Waals surface area contributed by atoms with Crippen LogP contribution in [0.25, 0.3) is 0 Å². The standard InChI is InChI=1S/C21H25N3O4S3/c1-23(2)19(25)14-30-21(29)15-12-17(24-10-6-7-11-24)20(18(13-15)31(22,26)27)28-16-8-4-3-5-9-16/h3-5,8-9,12-13H,6-7,10-11,14H2,1-2H3,(H2,22,26,27). The van der Waals surface area contributed by atoms with E-state index in [2.05, 4.69) is 4.90 Å². The molecule has 0 bridgehead atoms. The molecule has 2 aromatic carbocycles. The van der Waals surface area contributed by atoms with E-state index in [4.69, 9.17) is 22.1 Å². The average Bonchev–Trinajstić information content (AvgIpc) is 3.26. The van der Waals surface area contributed by atoms with Gasteiger partial charge in [-0.25, -0.2) is 13.6 Å². The van der Waals surface area contributed by atoms with E-state index in [9.17, 15) is 13.2 Å². The van der Waals surface area contributed by atoms with Crippen LogP contribution in [0.3, 0.4) is 0 Å². The minimum Gasteiger partial charge on any atom is -0.454 e. The highest BCUT2D eigenvalue weighted by Crippen LogP contribution is 2.41. The highest BCUT2D eigenvalue weighted by atomic mass is 32.2. The molecule has 166 valence electrons. The predicted molar refractivity (Wildman–Crippen MR) is 129 cm³/mol. The first-order valence-electron chi connectivity index (χ1n) is 9.73. The number of rotatable bonds is 7. The molecular formula is C21H25N3O4S3. The van der Waals surface area contributed by atoms with Crippen LogP contribution >= 0.6 is 24.0 Å². The minimum atomic E-state index is -4.10. The van der Waals surface area contributed by atoms with E-state index in [1.807, 2.05) is 24.3 Å². The fraction of sp³-hybridized carbons (Fsp3) is 0.333. The summed E-state index contributed by atoms with van der Waals surface area (Å²) >= 11 is 6.70. The van der Waals surface area contributed by atoms with E-state index >= 15 is 0 Å². The van der Waals surface area contributed by atoms with Crippen molar-refractivity contribution in [3.63, 3.8) is 0 Å². The Bertz CT molecular complexity index is 1070. The zero-order chi connectivity index (χ0) is 22.6. The van der Waals surface area contributed by atoms with E-state index in [1.54, 1.807) is 26.2 Å². The lowest BCUT2D eigenvalue weighted by Crippen LogP contribution is -2.24. The molecule has 10 heteroatoms. The van der Waals surface area contributed by atoms with E-state index < -0.39 is 10.0 Å². The molecule has 0 spiro atoms. The van der Waals surface area contributed by atoms with E-state index in [1.165, 1.54) is 22.7 Å². The molecule has 1 amide bonds. The summed E-state index contributed by atoms with van der Waals surface area (Å²) in [5.41, 5.74) is 1.16. The maximum atomic E-state index is 12.5. The van der Waals surface area contributed by atoms with Gasteiger partial charge in [0.2, 0.25) is 15.9 Å². The van der Waals surface area contributed by atoms with Crippen LogP contribution in [0.4, 0.5) is 5.69 Å². The summed E-state index contributed by atoms with van der Waals surface area (Å²) in [6, 6.07) is 12.2. The number of hydrogen-bond acceptors (Lipinski definition) is 7. The first-order valence-corrected chi connectivity index (χ1v) is 12.7. The van der Waals surface area contributed by atoms with Gasteiger partial charge in [-0.1, -0.05) is 30.4 Å². The molecule has 7 nitrogen and oxygen atoms in total. The number of thioether (sulfide) groups is 1. The zero-order valence-electron chi connectivity index (χ0n) is 17.4.